The van der Waals surface area contributed by atoms with Gasteiger partial charge in [0.05, 0.1) is 11.6 Å². The number of urea groups is 1. The fourth-order valence-corrected chi connectivity index (χ4v) is 3.26. The number of aromatic nitrogens is 2. The second-order valence-electron chi connectivity index (χ2n) is 7.36. The molecule has 0 saturated heterocycles. The summed E-state index contributed by atoms with van der Waals surface area (Å²) in [6.07, 6.45) is 1.66. The molecule has 1 aromatic heterocycles. The van der Waals surface area contributed by atoms with Crippen LogP contribution in [0.25, 0.3) is 0 Å². The van der Waals surface area contributed by atoms with E-state index in [-0.39, 0.29) is 28.5 Å². The average Bonchev–Trinajstić information content (AvgIpc) is 2.78. The number of benzene rings is 1. The van der Waals surface area contributed by atoms with E-state index >= 15 is 0 Å². The van der Waals surface area contributed by atoms with Gasteiger partial charge < -0.3 is 37.1 Å². The molecule has 3 amide bonds. The number of nitrogens with zero attached hydrogens (tertiary/aromatic N) is 3. The molecule has 0 saturated carbocycles. The van der Waals surface area contributed by atoms with Crippen molar-refractivity contribution in [2.75, 3.05) is 56.6 Å². The van der Waals surface area contributed by atoms with Gasteiger partial charge in [0.15, 0.2) is 22.5 Å². The van der Waals surface area contributed by atoms with Gasteiger partial charge in [0.1, 0.15) is 5.75 Å². The van der Waals surface area contributed by atoms with E-state index in [1.54, 1.807) is 18.2 Å². The Morgan fingerprint density at radius 3 is 2.53 bits per heavy atom. The molecule has 0 aliphatic rings. The number of anilines is 3. The van der Waals surface area contributed by atoms with Crippen LogP contribution in [-0.2, 0) is 0 Å². The van der Waals surface area contributed by atoms with E-state index in [0.29, 0.717) is 42.7 Å². The van der Waals surface area contributed by atoms with Gasteiger partial charge in [-0.3, -0.25) is 4.79 Å². The molecule has 0 unspecified atom stereocenters. The lowest BCUT2D eigenvalue weighted by Gasteiger charge is -2.17. The van der Waals surface area contributed by atoms with Crippen molar-refractivity contribution in [1.82, 2.24) is 25.5 Å². The van der Waals surface area contributed by atoms with Crippen molar-refractivity contribution in [3.05, 3.63) is 34.1 Å². The summed E-state index contributed by atoms with van der Waals surface area (Å²) in [6.45, 7) is 4.72. The van der Waals surface area contributed by atoms with Crippen molar-refractivity contribution < 1.29 is 14.3 Å². The van der Waals surface area contributed by atoms with Crippen LogP contribution >= 0.6 is 23.2 Å². The third-order valence-electron chi connectivity index (χ3n) is 4.64. The lowest BCUT2D eigenvalue weighted by atomic mass is 10.3. The Hall–Kier alpha value is -3.02. The molecule has 0 radical (unpaired) electrons. The number of ether oxygens (including phenoxy) is 1. The predicted molar refractivity (Wildman–Crippen MR) is 135 cm³/mol. The summed E-state index contributed by atoms with van der Waals surface area (Å²) in [5, 5.41) is 8.65. The van der Waals surface area contributed by atoms with Gasteiger partial charge in [-0.05, 0) is 51.6 Å². The standard InChI is InChI=1S/C21H30Cl2N8O3/c1-3-34-15-7-6-13(12-14(15)22)28-21(33)27-8-4-5-10-31(2)11-9-26-20(32)16-18(24)30-19(25)17(23)29-16/h6-7,12H,3-5,8-11H2,1-2H3,(H,26,32)(H4,24,25,30)(H2,27,28,33). The summed E-state index contributed by atoms with van der Waals surface area (Å²) in [4.78, 5) is 34.0. The third-order valence-corrected chi connectivity index (χ3v) is 5.21. The zero-order chi connectivity index (χ0) is 25.1. The SMILES string of the molecule is CCOc1ccc(NC(=O)NCCCCN(C)CCNC(=O)c2nc(Cl)c(N)nc2N)cc1Cl. The Bertz CT molecular complexity index is 993. The molecule has 7 N–H and O–H groups in total. The molecular weight excluding hydrogens is 483 g/mol. The number of unbranched alkanes of at least 4 members (excludes halogenated alkanes) is 1. The average molecular weight is 513 g/mol. The first-order valence-corrected chi connectivity index (χ1v) is 11.5. The van der Waals surface area contributed by atoms with Gasteiger partial charge in [-0.2, -0.15) is 0 Å². The molecule has 13 heteroatoms. The van der Waals surface area contributed by atoms with E-state index in [1.807, 2.05) is 14.0 Å². The van der Waals surface area contributed by atoms with Crippen molar-refractivity contribution in [3.8, 4) is 5.75 Å². The van der Waals surface area contributed by atoms with Crippen LogP contribution in [0.2, 0.25) is 10.2 Å². The highest BCUT2D eigenvalue weighted by atomic mass is 35.5. The predicted octanol–water partition coefficient (Wildman–Crippen LogP) is 2.61. The fourth-order valence-electron chi connectivity index (χ4n) is 2.90. The van der Waals surface area contributed by atoms with Crippen molar-refractivity contribution in [2.24, 2.45) is 0 Å². The molecule has 34 heavy (non-hydrogen) atoms. The lowest BCUT2D eigenvalue weighted by molar-refractivity contribution is 0.0945. The molecule has 0 aliphatic carbocycles. The first-order valence-electron chi connectivity index (χ1n) is 10.7. The lowest BCUT2D eigenvalue weighted by Crippen LogP contribution is -2.34. The van der Waals surface area contributed by atoms with Crippen LogP contribution in [0.1, 0.15) is 30.3 Å². The van der Waals surface area contributed by atoms with Gasteiger partial charge in [0.25, 0.3) is 5.91 Å². The Kier molecular flexibility index (Phi) is 10.9. The van der Waals surface area contributed by atoms with Crippen LogP contribution in [0.4, 0.5) is 22.1 Å². The Morgan fingerprint density at radius 2 is 1.82 bits per heavy atom. The summed E-state index contributed by atoms with van der Waals surface area (Å²) >= 11 is 11.9. The molecule has 11 nitrogen and oxygen atoms in total. The second-order valence-corrected chi connectivity index (χ2v) is 8.12. The number of nitrogens with one attached hydrogen (secondary N) is 3. The highest BCUT2D eigenvalue weighted by Crippen LogP contribution is 2.27. The van der Waals surface area contributed by atoms with E-state index in [4.69, 9.17) is 39.4 Å². The van der Waals surface area contributed by atoms with Crippen molar-refractivity contribution in [2.45, 2.75) is 19.8 Å². The number of nitrogen functional groups attached to an aromatic ring is 2. The van der Waals surface area contributed by atoms with Crippen LogP contribution < -0.4 is 32.2 Å². The first kappa shape index (κ1) is 27.2. The number of amides is 3. The Morgan fingerprint density at radius 1 is 1.06 bits per heavy atom. The van der Waals surface area contributed by atoms with Gasteiger partial charge in [-0.25, -0.2) is 14.8 Å². The van der Waals surface area contributed by atoms with E-state index in [9.17, 15) is 9.59 Å². The molecule has 2 aromatic rings. The molecular formula is C21H30Cl2N8O3. The van der Waals surface area contributed by atoms with Crippen LogP contribution in [-0.4, -0.2) is 66.6 Å². The smallest absolute Gasteiger partial charge is 0.319 e. The normalized spacial score (nSPS) is 10.7. The molecule has 0 spiro atoms. The van der Waals surface area contributed by atoms with E-state index in [1.165, 1.54) is 0 Å². The zero-order valence-electron chi connectivity index (χ0n) is 19.2. The molecule has 1 aromatic carbocycles. The second kappa shape index (κ2) is 13.6. The van der Waals surface area contributed by atoms with Crippen LogP contribution in [0.15, 0.2) is 18.2 Å². The first-order chi connectivity index (χ1) is 16.2. The van der Waals surface area contributed by atoms with Gasteiger partial charge >= 0.3 is 6.03 Å². The van der Waals surface area contributed by atoms with Gasteiger partial charge in [-0.1, -0.05) is 23.2 Å². The van der Waals surface area contributed by atoms with Crippen LogP contribution in [0.5, 0.6) is 5.75 Å². The number of likely N-dealkylation sites (N-methyl/N-ethyl adjacent to an activating group) is 1. The number of rotatable bonds is 12. The molecule has 186 valence electrons. The summed E-state index contributed by atoms with van der Waals surface area (Å²) in [5.74, 6) is 0.00786. The van der Waals surface area contributed by atoms with Gasteiger partial charge in [-0.15, -0.1) is 0 Å². The number of hydrogen-bond donors (Lipinski definition) is 5. The summed E-state index contributed by atoms with van der Waals surface area (Å²) in [5.41, 5.74) is 11.7. The number of halogens is 2. The summed E-state index contributed by atoms with van der Waals surface area (Å²) in [6, 6.07) is 4.78. The monoisotopic (exact) mass is 512 g/mol. The number of carbonyl (C=O) groups excluding carboxylic acids is 2. The Balaban J connectivity index is 1.59. The minimum atomic E-state index is -0.468. The fraction of sp³-hybridized carbons (Fsp3) is 0.429. The van der Waals surface area contributed by atoms with Crippen molar-refractivity contribution >= 4 is 52.5 Å². The quantitative estimate of drug-likeness (QED) is 0.271. The topological polar surface area (TPSA) is 161 Å². The summed E-state index contributed by atoms with van der Waals surface area (Å²) in [7, 11) is 1.94. The maximum Gasteiger partial charge on any atom is 0.319 e. The van der Waals surface area contributed by atoms with E-state index in [0.717, 1.165) is 19.4 Å². The molecule has 0 fully saturated rings. The number of hydrogen-bond acceptors (Lipinski definition) is 8. The minimum absolute atomic E-state index is 0.0250. The van der Waals surface area contributed by atoms with Crippen molar-refractivity contribution in [3.63, 3.8) is 0 Å². The number of nitrogens with two attached hydrogens (primary N) is 2. The van der Waals surface area contributed by atoms with Crippen LogP contribution in [0, 0.1) is 0 Å². The largest absolute Gasteiger partial charge is 0.492 e. The van der Waals surface area contributed by atoms with E-state index in [2.05, 4.69) is 30.8 Å². The van der Waals surface area contributed by atoms with Gasteiger partial charge in [0.2, 0.25) is 0 Å². The Labute approximate surface area is 208 Å². The molecule has 2 rings (SSSR count). The zero-order valence-corrected chi connectivity index (χ0v) is 20.7. The highest BCUT2D eigenvalue weighted by Gasteiger charge is 2.15. The van der Waals surface area contributed by atoms with E-state index < -0.39 is 5.91 Å². The van der Waals surface area contributed by atoms with Gasteiger partial charge in [0, 0.05) is 25.3 Å². The maximum absolute atomic E-state index is 12.2. The minimum Gasteiger partial charge on any atom is -0.492 e. The van der Waals surface area contributed by atoms with Crippen molar-refractivity contribution in [1.29, 1.82) is 0 Å². The maximum atomic E-state index is 12.2. The third kappa shape index (κ3) is 8.73. The summed E-state index contributed by atoms with van der Waals surface area (Å²) < 4.78 is 5.37. The molecule has 0 bridgehead atoms. The highest BCUT2D eigenvalue weighted by molar-refractivity contribution is 6.32. The molecule has 0 aliphatic heterocycles. The van der Waals surface area contributed by atoms with Crippen LogP contribution in [0.3, 0.4) is 0 Å². The molecule has 1 heterocycles. The number of carbonyl (C=O) groups is 2. The molecule has 0 atom stereocenters.